The van der Waals surface area contributed by atoms with Gasteiger partial charge in [-0.3, -0.25) is 0 Å². The summed E-state index contributed by atoms with van der Waals surface area (Å²) in [6.45, 7) is 2.05. The van der Waals surface area contributed by atoms with Gasteiger partial charge in [0.2, 0.25) is 11.8 Å². The number of fused-ring (bicyclic) bond motifs is 1. The molecular formula is C28H26N8O. The number of rotatable bonds is 7. The second-order valence-corrected chi connectivity index (χ2v) is 8.73. The molecule has 0 saturated carbocycles. The van der Waals surface area contributed by atoms with Gasteiger partial charge in [0.05, 0.1) is 11.3 Å². The Balaban J connectivity index is 1.23. The maximum Gasteiger partial charge on any atom is 0.228 e. The Kier molecular flexibility index (Phi) is 6.16. The maximum atomic E-state index is 6.13. The third kappa shape index (κ3) is 4.71. The van der Waals surface area contributed by atoms with Crippen LogP contribution in [-0.4, -0.2) is 45.3 Å². The Morgan fingerprint density at radius 3 is 2.43 bits per heavy atom. The van der Waals surface area contributed by atoms with E-state index in [1.165, 1.54) is 12.8 Å². The van der Waals surface area contributed by atoms with Crippen LogP contribution in [0.2, 0.25) is 0 Å². The van der Waals surface area contributed by atoms with Crippen molar-refractivity contribution < 1.29 is 4.74 Å². The zero-order valence-electron chi connectivity index (χ0n) is 20.4. The van der Waals surface area contributed by atoms with Crippen LogP contribution in [0.25, 0.3) is 22.0 Å². The van der Waals surface area contributed by atoms with Crippen LogP contribution in [-0.2, 0) is 0 Å². The third-order valence-electron chi connectivity index (χ3n) is 6.33. The van der Waals surface area contributed by atoms with Crippen molar-refractivity contribution in [2.24, 2.45) is 0 Å². The van der Waals surface area contributed by atoms with Gasteiger partial charge in [-0.25, -0.2) is 15.0 Å². The minimum Gasteiger partial charge on any atom is -0.438 e. The van der Waals surface area contributed by atoms with Crippen LogP contribution in [0.1, 0.15) is 12.8 Å². The molecule has 3 aromatic heterocycles. The largest absolute Gasteiger partial charge is 0.438 e. The van der Waals surface area contributed by atoms with Gasteiger partial charge in [-0.05, 0) is 55.3 Å². The first-order chi connectivity index (χ1) is 18.3. The number of anilines is 4. The van der Waals surface area contributed by atoms with E-state index in [2.05, 4.69) is 52.8 Å². The molecule has 9 heteroatoms. The SMILES string of the molecule is CNc1nccc(-c2cccnc2Oc2ccc(Nc3nnc(N4CCCC4)c4ccccc34)cc2)n1. The lowest BCUT2D eigenvalue weighted by Gasteiger charge is -2.19. The standard InChI is InChI=1S/C28H26N8O/c1-29-28-31-16-14-24(33-28)23-9-6-15-30-27(23)37-20-12-10-19(11-13-20)32-25-21-7-2-3-8-22(21)26(35-34-25)36-17-4-5-18-36/h2-3,6-16H,4-5,17-18H2,1H3,(H,32,34)(H,29,31,33). The second-order valence-electron chi connectivity index (χ2n) is 8.73. The van der Waals surface area contributed by atoms with Crippen molar-refractivity contribution in [3.05, 3.63) is 79.1 Å². The molecule has 4 heterocycles. The van der Waals surface area contributed by atoms with Gasteiger partial charge >= 0.3 is 0 Å². The average molecular weight is 491 g/mol. The second kappa shape index (κ2) is 10.1. The molecule has 0 radical (unpaired) electrons. The molecule has 5 aromatic rings. The average Bonchev–Trinajstić information content (AvgIpc) is 3.49. The fourth-order valence-corrected chi connectivity index (χ4v) is 4.50. The highest BCUT2D eigenvalue weighted by Gasteiger charge is 2.18. The van der Waals surface area contributed by atoms with E-state index in [-0.39, 0.29) is 0 Å². The van der Waals surface area contributed by atoms with Crippen molar-refractivity contribution in [2.45, 2.75) is 12.8 Å². The summed E-state index contributed by atoms with van der Waals surface area (Å²) in [6, 6.07) is 21.6. The Labute approximate surface area is 214 Å². The van der Waals surface area contributed by atoms with Crippen LogP contribution < -0.4 is 20.3 Å². The normalized spacial score (nSPS) is 13.1. The molecule has 37 heavy (non-hydrogen) atoms. The number of aromatic nitrogens is 5. The molecule has 1 aliphatic rings. The molecule has 0 bridgehead atoms. The van der Waals surface area contributed by atoms with Crippen molar-refractivity contribution in [3.8, 4) is 22.9 Å². The molecule has 0 amide bonds. The van der Waals surface area contributed by atoms with E-state index in [1.807, 2.05) is 54.6 Å². The molecule has 1 saturated heterocycles. The lowest BCUT2D eigenvalue weighted by molar-refractivity contribution is 0.465. The predicted molar refractivity (Wildman–Crippen MR) is 146 cm³/mol. The van der Waals surface area contributed by atoms with Gasteiger partial charge < -0.3 is 20.3 Å². The summed E-state index contributed by atoms with van der Waals surface area (Å²) in [5.41, 5.74) is 2.39. The van der Waals surface area contributed by atoms with E-state index < -0.39 is 0 Å². The van der Waals surface area contributed by atoms with Gasteiger partial charge in [0, 0.05) is 49.0 Å². The van der Waals surface area contributed by atoms with Crippen molar-refractivity contribution in [1.82, 2.24) is 25.1 Å². The van der Waals surface area contributed by atoms with Crippen LogP contribution in [0.15, 0.2) is 79.1 Å². The van der Waals surface area contributed by atoms with Crippen molar-refractivity contribution in [2.75, 3.05) is 35.7 Å². The van der Waals surface area contributed by atoms with Crippen LogP contribution in [0.4, 0.5) is 23.3 Å². The summed E-state index contributed by atoms with van der Waals surface area (Å²) < 4.78 is 6.13. The quantitative estimate of drug-likeness (QED) is 0.299. The molecule has 6 rings (SSSR count). The molecule has 1 fully saturated rings. The fraction of sp³-hybridized carbons (Fsp3) is 0.179. The minimum atomic E-state index is 0.471. The van der Waals surface area contributed by atoms with E-state index in [0.29, 0.717) is 17.6 Å². The van der Waals surface area contributed by atoms with Crippen LogP contribution in [0, 0.1) is 0 Å². The molecule has 1 aliphatic heterocycles. The highest BCUT2D eigenvalue weighted by molar-refractivity contribution is 5.99. The van der Waals surface area contributed by atoms with Gasteiger partial charge in [-0.1, -0.05) is 24.3 Å². The number of hydrogen-bond donors (Lipinski definition) is 2. The first-order valence-corrected chi connectivity index (χ1v) is 12.3. The molecule has 0 aliphatic carbocycles. The number of ether oxygens (including phenoxy) is 1. The number of nitrogens with one attached hydrogen (secondary N) is 2. The maximum absolute atomic E-state index is 6.13. The highest BCUT2D eigenvalue weighted by atomic mass is 16.5. The number of nitrogens with zero attached hydrogens (tertiary/aromatic N) is 6. The molecule has 0 atom stereocenters. The summed E-state index contributed by atoms with van der Waals surface area (Å²) in [4.78, 5) is 15.4. The number of pyridine rings is 1. The van der Waals surface area contributed by atoms with Crippen LogP contribution >= 0.6 is 0 Å². The Hall–Kier alpha value is -4.79. The van der Waals surface area contributed by atoms with Crippen molar-refractivity contribution in [1.29, 1.82) is 0 Å². The van der Waals surface area contributed by atoms with Crippen LogP contribution in [0.5, 0.6) is 11.6 Å². The van der Waals surface area contributed by atoms with E-state index in [1.54, 1.807) is 19.4 Å². The third-order valence-corrected chi connectivity index (χ3v) is 6.33. The van der Waals surface area contributed by atoms with Crippen molar-refractivity contribution in [3.63, 3.8) is 0 Å². The molecule has 184 valence electrons. The molecule has 0 spiro atoms. The van der Waals surface area contributed by atoms with E-state index in [0.717, 1.165) is 52.4 Å². The minimum absolute atomic E-state index is 0.471. The summed E-state index contributed by atoms with van der Waals surface area (Å²) >= 11 is 0. The number of hydrogen-bond acceptors (Lipinski definition) is 9. The lowest BCUT2D eigenvalue weighted by Crippen LogP contribution is -2.20. The molecule has 9 nitrogen and oxygen atoms in total. The zero-order chi connectivity index (χ0) is 25.0. The van der Waals surface area contributed by atoms with Gasteiger partial charge in [-0.15, -0.1) is 10.2 Å². The zero-order valence-corrected chi connectivity index (χ0v) is 20.4. The lowest BCUT2D eigenvalue weighted by atomic mass is 10.1. The van der Waals surface area contributed by atoms with Crippen molar-refractivity contribution >= 4 is 34.0 Å². The van der Waals surface area contributed by atoms with Crippen LogP contribution in [0.3, 0.4) is 0 Å². The molecule has 0 unspecified atom stereocenters. The Morgan fingerprint density at radius 2 is 1.62 bits per heavy atom. The molecular weight excluding hydrogens is 464 g/mol. The smallest absolute Gasteiger partial charge is 0.228 e. The fourth-order valence-electron chi connectivity index (χ4n) is 4.50. The highest BCUT2D eigenvalue weighted by Crippen LogP contribution is 2.33. The Bertz CT molecular complexity index is 1530. The van der Waals surface area contributed by atoms with E-state index >= 15 is 0 Å². The summed E-state index contributed by atoms with van der Waals surface area (Å²) in [5.74, 6) is 3.35. The van der Waals surface area contributed by atoms with E-state index in [9.17, 15) is 0 Å². The van der Waals surface area contributed by atoms with Gasteiger partial charge in [0.25, 0.3) is 0 Å². The predicted octanol–water partition coefficient (Wildman–Crippen LogP) is 5.66. The molecule has 2 aromatic carbocycles. The number of benzene rings is 2. The van der Waals surface area contributed by atoms with Gasteiger partial charge in [-0.2, -0.15) is 0 Å². The van der Waals surface area contributed by atoms with Gasteiger partial charge in [0.1, 0.15) is 5.75 Å². The van der Waals surface area contributed by atoms with E-state index in [4.69, 9.17) is 4.74 Å². The summed E-state index contributed by atoms with van der Waals surface area (Å²) in [5, 5.41) is 17.6. The first-order valence-electron chi connectivity index (χ1n) is 12.3. The first kappa shape index (κ1) is 22.7. The topological polar surface area (TPSA) is 101 Å². The monoisotopic (exact) mass is 490 g/mol. The van der Waals surface area contributed by atoms with Gasteiger partial charge in [0.15, 0.2) is 11.6 Å². The molecule has 2 N–H and O–H groups in total. The Morgan fingerprint density at radius 1 is 0.811 bits per heavy atom. The summed E-state index contributed by atoms with van der Waals surface area (Å²) in [6.07, 6.45) is 5.79. The summed E-state index contributed by atoms with van der Waals surface area (Å²) in [7, 11) is 1.78.